The number of Topliss-reactive ketones (excluding diaryl/α,β-unsaturated/α-hetero) is 1. The van der Waals surface area contributed by atoms with Crippen LogP contribution in [0.15, 0.2) is 34.7 Å². The summed E-state index contributed by atoms with van der Waals surface area (Å²) in [4.78, 5) is 26.3. The van der Waals surface area contributed by atoms with E-state index in [0.717, 1.165) is 44.2 Å². The number of hydrogen-bond acceptors (Lipinski definition) is 6. The summed E-state index contributed by atoms with van der Waals surface area (Å²) < 4.78 is 16.8. The van der Waals surface area contributed by atoms with Crippen LogP contribution in [0.1, 0.15) is 63.4 Å². The molecule has 7 heteroatoms. The van der Waals surface area contributed by atoms with E-state index in [2.05, 4.69) is 5.32 Å². The van der Waals surface area contributed by atoms with E-state index >= 15 is 0 Å². The van der Waals surface area contributed by atoms with Crippen molar-refractivity contribution in [3.05, 3.63) is 45.3 Å². The van der Waals surface area contributed by atoms with Gasteiger partial charge in [0.15, 0.2) is 17.3 Å². The molecule has 0 amide bonds. The van der Waals surface area contributed by atoms with Crippen molar-refractivity contribution in [3.63, 3.8) is 0 Å². The molecule has 0 bridgehead atoms. The lowest BCUT2D eigenvalue weighted by Crippen LogP contribution is -2.35. The van der Waals surface area contributed by atoms with Gasteiger partial charge in [-0.15, -0.1) is 0 Å². The molecule has 6 nitrogen and oxygen atoms in total. The first-order chi connectivity index (χ1) is 14.5. The van der Waals surface area contributed by atoms with Crippen molar-refractivity contribution < 1.29 is 23.8 Å². The van der Waals surface area contributed by atoms with E-state index in [1.807, 2.05) is 6.92 Å². The number of fused-ring (bicyclic) bond motifs is 1. The highest BCUT2D eigenvalue weighted by Crippen LogP contribution is 2.48. The summed E-state index contributed by atoms with van der Waals surface area (Å²) in [5.74, 6) is 0.221. The van der Waals surface area contributed by atoms with Gasteiger partial charge in [0, 0.05) is 40.4 Å². The standard InChI is InChI=1S/C23H24ClNO5/c1-12-20(23(27)30-13-5-2-3-6-13)21(22-16(25-12)7-4-8-17(22)26)14-9-18-19(10-15(14)24)29-11-28-18/h9-10,13,21,25H,2-8,11H2,1H3/t21-/m0/s1. The Morgan fingerprint density at radius 1 is 1.13 bits per heavy atom. The van der Waals surface area contributed by atoms with Crippen LogP contribution in [0.4, 0.5) is 0 Å². The number of allylic oxidation sites excluding steroid dienone is 3. The van der Waals surface area contributed by atoms with Crippen LogP contribution in [0.5, 0.6) is 11.5 Å². The van der Waals surface area contributed by atoms with Crippen LogP contribution in [0.2, 0.25) is 5.02 Å². The first-order valence-corrected chi connectivity index (χ1v) is 10.9. The summed E-state index contributed by atoms with van der Waals surface area (Å²) in [6, 6.07) is 3.49. The number of rotatable bonds is 3. The average molecular weight is 430 g/mol. The fraction of sp³-hybridized carbons (Fsp3) is 0.478. The molecule has 1 atom stereocenters. The van der Waals surface area contributed by atoms with E-state index in [-0.39, 0.29) is 24.6 Å². The van der Waals surface area contributed by atoms with Gasteiger partial charge in [-0.3, -0.25) is 4.79 Å². The predicted molar refractivity (Wildman–Crippen MR) is 110 cm³/mol. The number of carbonyl (C=O) groups excluding carboxylic acids is 2. The maximum absolute atomic E-state index is 13.3. The number of hydrogen-bond donors (Lipinski definition) is 1. The molecule has 4 aliphatic rings. The molecule has 0 saturated heterocycles. The Bertz CT molecular complexity index is 990. The van der Waals surface area contributed by atoms with Crippen LogP contribution in [-0.4, -0.2) is 24.6 Å². The van der Waals surface area contributed by atoms with Crippen LogP contribution >= 0.6 is 11.6 Å². The molecule has 2 aliphatic heterocycles. The lowest BCUT2D eigenvalue weighted by molar-refractivity contribution is -0.144. The second-order valence-corrected chi connectivity index (χ2v) is 8.71. The number of carbonyl (C=O) groups is 2. The maximum atomic E-state index is 13.3. The van der Waals surface area contributed by atoms with Gasteiger partial charge in [0.05, 0.1) is 5.57 Å². The first-order valence-electron chi connectivity index (χ1n) is 10.6. The highest BCUT2D eigenvalue weighted by molar-refractivity contribution is 6.32. The summed E-state index contributed by atoms with van der Waals surface area (Å²) in [6.07, 6.45) is 5.86. The van der Waals surface area contributed by atoms with E-state index < -0.39 is 5.92 Å². The van der Waals surface area contributed by atoms with Crippen molar-refractivity contribution in [2.24, 2.45) is 0 Å². The van der Waals surface area contributed by atoms with Crippen LogP contribution in [0, 0.1) is 0 Å². The number of esters is 1. The number of ether oxygens (including phenoxy) is 3. The van der Waals surface area contributed by atoms with Crippen LogP contribution in [-0.2, 0) is 14.3 Å². The summed E-state index contributed by atoms with van der Waals surface area (Å²) in [5, 5.41) is 3.75. The van der Waals surface area contributed by atoms with Gasteiger partial charge in [-0.05, 0) is 57.1 Å². The Labute approximate surface area is 180 Å². The van der Waals surface area contributed by atoms with E-state index in [4.69, 9.17) is 25.8 Å². The molecule has 0 spiro atoms. The average Bonchev–Trinajstić information content (AvgIpc) is 3.38. The minimum Gasteiger partial charge on any atom is -0.459 e. The zero-order valence-electron chi connectivity index (χ0n) is 16.9. The quantitative estimate of drug-likeness (QED) is 0.712. The summed E-state index contributed by atoms with van der Waals surface area (Å²) >= 11 is 6.64. The minimum absolute atomic E-state index is 0.0427. The largest absolute Gasteiger partial charge is 0.459 e. The Hall–Kier alpha value is -2.47. The number of benzene rings is 1. The Kier molecular flexibility index (Phi) is 4.97. The number of halogens is 1. The van der Waals surface area contributed by atoms with E-state index in [1.165, 1.54) is 0 Å². The van der Waals surface area contributed by atoms with Gasteiger partial charge in [0.1, 0.15) is 6.10 Å². The van der Waals surface area contributed by atoms with Gasteiger partial charge >= 0.3 is 5.97 Å². The fourth-order valence-electron chi connectivity index (χ4n) is 4.94. The van der Waals surface area contributed by atoms with Gasteiger partial charge in [-0.25, -0.2) is 4.79 Å². The van der Waals surface area contributed by atoms with Gasteiger partial charge in [0.2, 0.25) is 6.79 Å². The van der Waals surface area contributed by atoms with Gasteiger partial charge < -0.3 is 19.5 Å². The third-order valence-corrected chi connectivity index (χ3v) is 6.70. The van der Waals surface area contributed by atoms with Crippen LogP contribution < -0.4 is 14.8 Å². The van der Waals surface area contributed by atoms with E-state index in [1.54, 1.807) is 12.1 Å². The molecule has 0 radical (unpaired) electrons. The lowest BCUT2D eigenvalue weighted by atomic mass is 9.75. The SMILES string of the molecule is CC1=C(C(=O)OC2CCCC2)[C@H](c2cc3c(cc2Cl)OCO3)C2=C(CCCC2=O)N1. The summed E-state index contributed by atoms with van der Waals surface area (Å²) in [7, 11) is 0. The van der Waals surface area contributed by atoms with E-state index in [9.17, 15) is 9.59 Å². The molecule has 5 rings (SSSR count). The smallest absolute Gasteiger partial charge is 0.337 e. The monoisotopic (exact) mass is 429 g/mol. The minimum atomic E-state index is -0.579. The third-order valence-electron chi connectivity index (χ3n) is 6.37. The molecular formula is C23H24ClNO5. The zero-order chi connectivity index (χ0) is 20.8. The van der Waals surface area contributed by atoms with Crippen molar-refractivity contribution in [1.82, 2.24) is 5.32 Å². The summed E-state index contributed by atoms with van der Waals surface area (Å²) in [6.45, 7) is 1.99. The molecule has 0 unspecified atom stereocenters. The molecule has 0 aromatic heterocycles. The number of dihydropyridines is 1. The van der Waals surface area contributed by atoms with Gasteiger partial charge in [-0.2, -0.15) is 0 Å². The first kappa shape index (κ1) is 19.5. The van der Waals surface area contributed by atoms with Crippen LogP contribution in [0.3, 0.4) is 0 Å². The van der Waals surface area contributed by atoms with Crippen LogP contribution in [0.25, 0.3) is 0 Å². The molecular weight excluding hydrogens is 406 g/mol. The Balaban J connectivity index is 1.61. The highest BCUT2D eigenvalue weighted by atomic mass is 35.5. The third kappa shape index (κ3) is 3.27. The molecule has 1 aromatic rings. The topological polar surface area (TPSA) is 73.9 Å². The summed E-state index contributed by atoms with van der Waals surface area (Å²) in [5.41, 5.74) is 3.33. The molecule has 1 fully saturated rings. The molecule has 158 valence electrons. The highest BCUT2D eigenvalue weighted by Gasteiger charge is 2.41. The van der Waals surface area contributed by atoms with Crippen molar-refractivity contribution in [2.75, 3.05) is 6.79 Å². The molecule has 2 heterocycles. The van der Waals surface area contributed by atoms with Crippen molar-refractivity contribution >= 4 is 23.4 Å². The normalized spacial score (nSPS) is 23.5. The maximum Gasteiger partial charge on any atom is 0.337 e. The van der Waals surface area contributed by atoms with Gasteiger partial charge in [0.25, 0.3) is 0 Å². The second kappa shape index (κ2) is 7.65. The Morgan fingerprint density at radius 2 is 1.87 bits per heavy atom. The molecule has 30 heavy (non-hydrogen) atoms. The van der Waals surface area contributed by atoms with Crippen molar-refractivity contribution in [2.45, 2.75) is 63.9 Å². The zero-order valence-corrected chi connectivity index (χ0v) is 17.6. The van der Waals surface area contributed by atoms with Crippen molar-refractivity contribution in [1.29, 1.82) is 0 Å². The molecule has 1 N–H and O–H groups in total. The van der Waals surface area contributed by atoms with E-state index in [0.29, 0.717) is 45.3 Å². The Morgan fingerprint density at radius 3 is 2.63 bits per heavy atom. The fourth-order valence-corrected chi connectivity index (χ4v) is 5.20. The number of ketones is 1. The van der Waals surface area contributed by atoms with Gasteiger partial charge in [-0.1, -0.05) is 11.6 Å². The van der Waals surface area contributed by atoms with Crippen molar-refractivity contribution in [3.8, 4) is 11.5 Å². The lowest BCUT2D eigenvalue weighted by Gasteiger charge is -2.34. The second-order valence-electron chi connectivity index (χ2n) is 8.30. The number of nitrogens with one attached hydrogen (secondary N) is 1. The molecule has 2 aliphatic carbocycles. The molecule has 1 saturated carbocycles. The predicted octanol–water partition coefficient (Wildman–Crippen LogP) is 4.52. The molecule has 1 aromatic carbocycles.